The summed E-state index contributed by atoms with van der Waals surface area (Å²) in [6.07, 6.45) is 0.997. The fourth-order valence-corrected chi connectivity index (χ4v) is 1.52. The van der Waals surface area contributed by atoms with Crippen molar-refractivity contribution in [3.05, 3.63) is 18.2 Å². The third-order valence-corrected chi connectivity index (χ3v) is 2.32. The van der Waals surface area contributed by atoms with E-state index in [0.29, 0.717) is 0 Å². The van der Waals surface area contributed by atoms with E-state index in [1.807, 2.05) is 18.2 Å². The van der Waals surface area contributed by atoms with Crippen LogP contribution >= 0.6 is 0 Å². The number of benzene rings is 1. The van der Waals surface area contributed by atoms with E-state index in [4.69, 9.17) is 4.74 Å². The normalized spacial score (nSPS) is 14.9. The Bertz CT molecular complexity index is 372. The van der Waals surface area contributed by atoms with Crippen LogP contribution in [0.4, 0.5) is 11.4 Å². The summed E-state index contributed by atoms with van der Waals surface area (Å²) in [6, 6.07) is 5.91. The maximum atomic E-state index is 5.16. The Kier molecular flexibility index (Phi) is 2.39. The monoisotopic (exact) mass is 190 g/mol. The molecule has 74 valence electrons. The van der Waals surface area contributed by atoms with Crippen LogP contribution in [0.25, 0.3) is 0 Å². The highest BCUT2D eigenvalue weighted by Crippen LogP contribution is 2.31. The highest BCUT2D eigenvalue weighted by Gasteiger charge is 2.07. The van der Waals surface area contributed by atoms with Crippen LogP contribution in [0.5, 0.6) is 5.75 Å². The molecule has 14 heavy (non-hydrogen) atoms. The van der Waals surface area contributed by atoms with Gasteiger partial charge in [0.2, 0.25) is 0 Å². The van der Waals surface area contributed by atoms with Gasteiger partial charge in [-0.25, -0.2) is 0 Å². The Balaban J connectivity index is 2.44. The van der Waals surface area contributed by atoms with Crippen molar-refractivity contribution in [1.29, 1.82) is 0 Å². The molecule has 0 aromatic heterocycles. The summed E-state index contributed by atoms with van der Waals surface area (Å²) in [5.74, 6) is 0.851. The number of fused-ring (bicyclic) bond motifs is 1. The molecule has 1 aliphatic rings. The summed E-state index contributed by atoms with van der Waals surface area (Å²) in [5, 5.41) is 3.34. The van der Waals surface area contributed by atoms with E-state index < -0.39 is 0 Å². The van der Waals surface area contributed by atoms with Gasteiger partial charge in [-0.15, -0.1) is 0 Å². The van der Waals surface area contributed by atoms with E-state index in [1.54, 1.807) is 7.11 Å². The first-order chi connectivity index (χ1) is 6.79. The zero-order valence-corrected chi connectivity index (χ0v) is 8.50. The van der Waals surface area contributed by atoms with Gasteiger partial charge >= 0.3 is 0 Å². The van der Waals surface area contributed by atoms with Gasteiger partial charge < -0.3 is 10.1 Å². The van der Waals surface area contributed by atoms with Crippen LogP contribution in [0.15, 0.2) is 23.2 Å². The maximum Gasteiger partial charge on any atom is 0.121 e. The minimum Gasteiger partial charge on any atom is -0.497 e. The molecule has 0 fully saturated rings. The Morgan fingerprint density at radius 3 is 3.07 bits per heavy atom. The molecule has 0 atom stereocenters. The number of nitrogens with one attached hydrogen (secondary N) is 1. The van der Waals surface area contributed by atoms with Gasteiger partial charge in [0.25, 0.3) is 0 Å². The molecular weight excluding hydrogens is 176 g/mol. The summed E-state index contributed by atoms with van der Waals surface area (Å²) >= 11 is 0. The highest BCUT2D eigenvalue weighted by atomic mass is 16.5. The first-order valence-corrected chi connectivity index (χ1v) is 4.75. The average Bonchev–Trinajstić information content (AvgIpc) is 2.37. The van der Waals surface area contributed by atoms with Gasteiger partial charge in [-0.05, 0) is 19.1 Å². The summed E-state index contributed by atoms with van der Waals surface area (Å²) in [4.78, 5) is 4.52. The molecule has 1 aliphatic heterocycles. The Morgan fingerprint density at radius 1 is 1.43 bits per heavy atom. The minimum absolute atomic E-state index is 0.851. The number of nitrogens with zero attached hydrogens (tertiary/aromatic N) is 1. The predicted molar refractivity (Wildman–Crippen MR) is 58.9 cm³/mol. The smallest absolute Gasteiger partial charge is 0.121 e. The lowest BCUT2D eigenvalue weighted by molar-refractivity contribution is 0.415. The van der Waals surface area contributed by atoms with E-state index in [2.05, 4.69) is 17.2 Å². The number of methoxy groups -OCH3 is 1. The molecule has 0 spiro atoms. The molecule has 0 radical (unpaired) electrons. The summed E-state index contributed by atoms with van der Waals surface area (Å²) in [5.41, 5.74) is 3.21. The molecule has 0 amide bonds. The summed E-state index contributed by atoms with van der Waals surface area (Å²) in [7, 11) is 1.67. The van der Waals surface area contributed by atoms with Crippen molar-refractivity contribution in [2.75, 3.05) is 19.0 Å². The second-order valence-electron chi connectivity index (χ2n) is 3.41. The highest BCUT2D eigenvalue weighted by molar-refractivity contribution is 5.88. The third-order valence-electron chi connectivity index (χ3n) is 2.32. The first kappa shape index (κ1) is 9.06. The second kappa shape index (κ2) is 3.70. The average molecular weight is 190 g/mol. The van der Waals surface area contributed by atoms with Gasteiger partial charge in [-0.3, -0.25) is 4.99 Å². The third kappa shape index (κ3) is 1.71. The number of ether oxygens (including phenoxy) is 1. The summed E-state index contributed by atoms with van der Waals surface area (Å²) in [6.45, 7) is 3.00. The lowest BCUT2D eigenvalue weighted by Crippen LogP contribution is -2.02. The quantitative estimate of drug-likeness (QED) is 0.738. The van der Waals surface area contributed by atoms with Crippen molar-refractivity contribution in [3.63, 3.8) is 0 Å². The molecule has 0 saturated carbocycles. The number of anilines is 1. The van der Waals surface area contributed by atoms with E-state index in [0.717, 1.165) is 35.8 Å². The van der Waals surface area contributed by atoms with Crippen molar-refractivity contribution in [3.8, 4) is 5.75 Å². The zero-order chi connectivity index (χ0) is 9.97. The van der Waals surface area contributed by atoms with E-state index in [1.165, 1.54) is 0 Å². The molecule has 1 aromatic rings. The van der Waals surface area contributed by atoms with E-state index in [-0.39, 0.29) is 0 Å². The Labute approximate surface area is 83.8 Å². The molecule has 0 unspecified atom stereocenters. The van der Waals surface area contributed by atoms with Crippen LogP contribution in [0.1, 0.15) is 13.3 Å². The zero-order valence-electron chi connectivity index (χ0n) is 8.50. The van der Waals surface area contributed by atoms with Gasteiger partial charge in [0.1, 0.15) is 5.75 Å². The van der Waals surface area contributed by atoms with Crippen molar-refractivity contribution in [2.24, 2.45) is 4.99 Å². The predicted octanol–water partition coefficient (Wildman–Crippen LogP) is 2.60. The SMILES string of the molecule is COc1ccc2c(c1)N=C(C)CCN2. The lowest BCUT2D eigenvalue weighted by Gasteiger charge is -2.06. The molecule has 0 bridgehead atoms. The van der Waals surface area contributed by atoms with Crippen LogP contribution in [0.2, 0.25) is 0 Å². The number of hydrogen-bond acceptors (Lipinski definition) is 3. The van der Waals surface area contributed by atoms with Crippen LogP contribution < -0.4 is 10.1 Å². The fourth-order valence-electron chi connectivity index (χ4n) is 1.52. The standard InChI is InChI=1S/C11H14N2O/c1-8-5-6-12-10-4-3-9(14-2)7-11(10)13-8/h3-4,7,12H,5-6H2,1-2H3. The van der Waals surface area contributed by atoms with Crippen LogP contribution in [0, 0.1) is 0 Å². The second-order valence-corrected chi connectivity index (χ2v) is 3.41. The van der Waals surface area contributed by atoms with E-state index in [9.17, 15) is 0 Å². The molecule has 0 aliphatic carbocycles. The van der Waals surface area contributed by atoms with Gasteiger partial charge in [0.05, 0.1) is 18.5 Å². The Morgan fingerprint density at radius 2 is 2.29 bits per heavy atom. The van der Waals surface area contributed by atoms with Crippen molar-refractivity contribution in [1.82, 2.24) is 0 Å². The fraction of sp³-hybridized carbons (Fsp3) is 0.364. The molecule has 3 heteroatoms. The maximum absolute atomic E-state index is 5.16. The molecule has 1 aromatic carbocycles. The first-order valence-electron chi connectivity index (χ1n) is 4.75. The summed E-state index contributed by atoms with van der Waals surface area (Å²) < 4.78 is 5.16. The van der Waals surface area contributed by atoms with Crippen molar-refractivity contribution in [2.45, 2.75) is 13.3 Å². The van der Waals surface area contributed by atoms with Crippen LogP contribution in [-0.4, -0.2) is 19.4 Å². The molecule has 3 nitrogen and oxygen atoms in total. The molecule has 1 N–H and O–H groups in total. The number of rotatable bonds is 1. The van der Waals surface area contributed by atoms with Gasteiger partial charge in [0, 0.05) is 24.7 Å². The van der Waals surface area contributed by atoms with Crippen LogP contribution in [0.3, 0.4) is 0 Å². The largest absolute Gasteiger partial charge is 0.497 e. The Hall–Kier alpha value is -1.51. The van der Waals surface area contributed by atoms with E-state index >= 15 is 0 Å². The van der Waals surface area contributed by atoms with Crippen LogP contribution in [-0.2, 0) is 0 Å². The minimum atomic E-state index is 0.851. The van der Waals surface area contributed by atoms with Gasteiger partial charge in [0.15, 0.2) is 0 Å². The van der Waals surface area contributed by atoms with Crippen molar-refractivity contribution >= 4 is 17.1 Å². The topological polar surface area (TPSA) is 33.6 Å². The molecule has 2 rings (SSSR count). The number of aliphatic imine (C=N–C) groups is 1. The molecule has 1 heterocycles. The lowest BCUT2D eigenvalue weighted by atomic mass is 10.2. The van der Waals surface area contributed by atoms with Gasteiger partial charge in [-0.1, -0.05) is 0 Å². The van der Waals surface area contributed by atoms with Crippen molar-refractivity contribution < 1.29 is 4.74 Å². The molecular formula is C11H14N2O. The molecule has 0 saturated heterocycles. The van der Waals surface area contributed by atoms with Gasteiger partial charge in [-0.2, -0.15) is 0 Å². The number of hydrogen-bond donors (Lipinski definition) is 1.